The summed E-state index contributed by atoms with van der Waals surface area (Å²) in [5.74, 6) is 0.909. The summed E-state index contributed by atoms with van der Waals surface area (Å²) in [6, 6.07) is 11.3. The third-order valence-electron chi connectivity index (χ3n) is 4.03. The van der Waals surface area contributed by atoms with Crippen molar-refractivity contribution >= 4 is 17.5 Å². The van der Waals surface area contributed by atoms with Crippen molar-refractivity contribution in [3.63, 3.8) is 0 Å². The highest BCUT2D eigenvalue weighted by molar-refractivity contribution is 6.31. The van der Waals surface area contributed by atoms with Crippen LogP contribution < -0.4 is 4.74 Å². The number of aromatic nitrogens is 1. The van der Waals surface area contributed by atoms with Gasteiger partial charge in [-0.2, -0.15) is 0 Å². The molecule has 4 nitrogen and oxygen atoms in total. The van der Waals surface area contributed by atoms with Crippen LogP contribution in [0.5, 0.6) is 5.75 Å². The van der Waals surface area contributed by atoms with Gasteiger partial charge in [0.2, 0.25) is 5.91 Å². The largest absolute Gasteiger partial charge is 0.489 e. The van der Waals surface area contributed by atoms with E-state index in [0.29, 0.717) is 24.5 Å². The minimum Gasteiger partial charge on any atom is -0.489 e. The molecule has 5 heteroatoms. The van der Waals surface area contributed by atoms with E-state index in [2.05, 4.69) is 4.98 Å². The number of halogens is 1. The van der Waals surface area contributed by atoms with Crippen LogP contribution in [0.4, 0.5) is 0 Å². The van der Waals surface area contributed by atoms with Crippen molar-refractivity contribution in [2.45, 2.75) is 25.4 Å². The molecule has 1 saturated heterocycles. The summed E-state index contributed by atoms with van der Waals surface area (Å²) in [6.45, 7) is 1.43. The summed E-state index contributed by atoms with van der Waals surface area (Å²) in [5, 5.41) is 0.649. The van der Waals surface area contributed by atoms with Gasteiger partial charge in [-0.15, -0.1) is 0 Å². The van der Waals surface area contributed by atoms with Gasteiger partial charge >= 0.3 is 0 Å². The molecule has 0 bridgehead atoms. The third-order valence-corrected chi connectivity index (χ3v) is 4.40. The van der Waals surface area contributed by atoms with Gasteiger partial charge in [-0.25, -0.2) is 0 Å². The molecule has 23 heavy (non-hydrogen) atoms. The molecular weight excluding hydrogens is 312 g/mol. The fraction of sp³-hybridized carbons (Fsp3) is 0.333. The first-order chi connectivity index (χ1) is 11.2. The fourth-order valence-corrected chi connectivity index (χ4v) is 2.95. The minimum atomic E-state index is 0.123. The minimum absolute atomic E-state index is 0.123. The second kappa shape index (κ2) is 7.47. The van der Waals surface area contributed by atoms with E-state index < -0.39 is 0 Å². The number of rotatable bonds is 4. The smallest absolute Gasteiger partial charge is 0.227 e. The van der Waals surface area contributed by atoms with Crippen LogP contribution in [-0.4, -0.2) is 35.0 Å². The van der Waals surface area contributed by atoms with Gasteiger partial charge in [0.1, 0.15) is 11.9 Å². The summed E-state index contributed by atoms with van der Waals surface area (Å²) >= 11 is 6.12. The molecule has 0 atom stereocenters. The van der Waals surface area contributed by atoms with E-state index in [9.17, 15) is 4.79 Å². The van der Waals surface area contributed by atoms with E-state index in [4.69, 9.17) is 16.3 Å². The SMILES string of the molecule is O=C(Cc1ccccc1Cl)N1CCC(Oc2cccnc2)CC1. The van der Waals surface area contributed by atoms with Gasteiger partial charge < -0.3 is 9.64 Å². The maximum Gasteiger partial charge on any atom is 0.227 e. The quantitative estimate of drug-likeness (QED) is 0.863. The van der Waals surface area contributed by atoms with Gasteiger partial charge in [0, 0.05) is 37.2 Å². The van der Waals surface area contributed by atoms with Gasteiger partial charge in [0.25, 0.3) is 0 Å². The lowest BCUT2D eigenvalue weighted by molar-refractivity contribution is -0.132. The highest BCUT2D eigenvalue weighted by atomic mass is 35.5. The molecular formula is C18H19ClN2O2. The van der Waals surface area contributed by atoms with Crippen molar-refractivity contribution in [2.24, 2.45) is 0 Å². The lowest BCUT2D eigenvalue weighted by atomic mass is 10.1. The Hall–Kier alpha value is -2.07. The Bertz CT molecular complexity index is 655. The van der Waals surface area contributed by atoms with Crippen LogP contribution >= 0.6 is 11.6 Å². The van der Waals surface area contributed by atoms with Gasteiger partial charge in [0.15, 0.2) is 0 Å². The Morgan fingerprint density at radius 2 is 2.00 bits per heavy atom. The average Bonchev–Trinajstić information content (AvgIpc) is 2.58. The van der Waals surface area contributed by atoms with E-state index in [0.717, 1.165) is 24.2 Å². The molecule has 1 aromatic heterocycles. The number of pyridine rings is 1. The number of ether oxygens (including phenoxy) is 1. The number of carbonyl (C=O) groups is 1. The van der Waals surface area contributed by atoms with Crippen LogP contribution in [0.3, 0.4) is 0 Å². The number of likely N-dealkylation sites (tertiary alicyclic amines) is 1. The molecule has 1 fully saturated rings. The van der Waals surface area contributed by atoms with E-state index in [-0.39, 0.29) is 12.0 Å². The van der Waals surface area contributed by atoms with Crippen molar-refractivity contribution in [1.29, 1.82) is 0 Å². The van der Waals surface area contributed by atoms with Gasteiger partial charge in [0.05, 0.1) is 12.6 Å². The zero-order valence-corrected chi connectivity index (χ0v) is 13.6. The standard InChI is InChI=1S/C18H19ClN2O2/c19-17-6-2-1-4-14(17)12-18(22)21-10-7-15(8-11-21)23-16-5-3-9-20-13-16/h1-6,9,13,15H,7-8,10-12H2. The number of hydrogen-bond donors (Lipinski definition) is 0. The van der Waals surface area contributed by atoms with Gasteiger partial charge in [-0.05, 0) is 23.8 Å². The second-order valence-corrected chi connectivity index (χ2v) is 6.06. The molecule has 120 valence electrons. The molecule has 1 aliphatic heterocycles. The van der Waals surface area contributed by atoms with Crippen molar-refractivity contribution in [3.05, 3.63) is 59.4 Å². The number of carbonyl (C=O) groups excluding carboxylic acids is 1. The number of amides is 1. The van der Waals surface area contributed by atoms with E-state index in [1.54, 1.807) is 12.4 Å². The summed E-state index contributed by atoms with van der Waals surface area (Å²) < 4.78 is 5.90. The van der Waals surface area contributed by atoms with Crippen molar-refractivity contribution in [2.75, 3.05) is 13.1 Å². The van der Waals surface area contributed by atoms with Crippen LogP contribution in [0.25, 0.3) is 0 Å². The first-order valence-electron chi connectivity index (χ1n) is 7.80. The number of piperidine rings is 1. The first kappa shape index (κ1) is 15.8. The Morgan fingerprint density at radius 1 is 1.22 bits per heavy atom. The second-order valence-electron chi connectivity index (χ2n) is 5.65. The monoisotopic (exact) mass is 330 g/mol. The lowest BCUT2D eigenvalue weighted by Gasteiger charge is -2.32. The Morgan fingerprint density at radius 3 is 2.70 bits per heavy atom. The molecule has 2 heterocycles. The predicted octanol–water partition coefficient (Wildman–Crippen LogP) is 3.35. The van der Waals surface area contributed by atoms with Crippen molar-refractivity contribution < 1.29 is 9.53 Å². The van der Waals surface area contributed by atoms with Crippen LogP contribution in [0.1, 0.15) is 18.4 Å². The first-order valence-corrected chi connectivity index (χ1v) is 8.18. The van der Waals surface area contributed by atoms with E-state index in [1.807, 2.05) is 41.3 Å². The highest BCUT2D eigenvalue weighted by Crippen LogP contribution is 2.20. The molecule has 0 saturated carbocycles. The summed E-state index contributed by atoms with van der Waals surface area (Å²) in [7, 11) is 0. The molecule has 1 amide bonds. The summed E-state index contributed by atoms with van der Waals surface area (Å²) in [5.41, 5.74) is 0.882. The van der Waals surface area contributed by atoms with Gasteiger partial charge in [-0.3, -0.25) is 9.78 Å². The van der Waals surface area contributed by atoms with Crippen LogP contribution in [-0.2, 0) is 11.2 Å². The van der Waals surface area contributed by atoms with E-state index in [1.165, 1.54) is 0 Å². The molecule has 2 aromatic rings. The Balaban J connectivity index is 1.50. The maximum absolute atomic E-state index is 12.4. The zero-order valence-electron chi connectivity index (χ0n) is 12.8. The topological polar surface area (TPSA) is 42.4 Å². The molecule has 0 spiro atoms. The summed E-state index contributed by atoms with van der Waals surface area (Å²) in [6.07, 6.45) is 5.61. The normalized spacial score (nSPS) is 15.4. The lowest BCUT2D eigenvalue weighted by Crippen LogP contribution is -2.42. The maximum atomic E-state index is 12.4. The van der Waals surface area contributed by atoms with E-state index >= 15 is 0 Å². The van der Waals surface area contributed by atoms with Gasteiger partial charge in [-0.1, -0.05) is 29.8 Å². The summed E-state index contributed by atoms with van der Waals surface area (Å²) in [4.78, 5) is 18.3. The average molecular weight is 331 g/mol. The molecule has 3 rings (SSSR count). The number of nitrogens with zero attached hydrogens (tertiary/aromatic N) is 2. The molecule has 0 N–H and O–H groups in total. The predicted molar refractivity (Wildman–Crippen MR) is 89.6 cm³/mol. The van der Waals surface area contributed by atoms with Crippen molar-refractivity contribution in [1.82, 2.24) is 9.88 Å². The Labute approximate surface area is 141 Å². The molecule has 0 unspecified atom stereocenters. The number of benzene rings is 1. The third kappa shape index (κ3) is 4.23. The van der Waals surface area contributed by atoms with Crippen molar-refractivity contribution in [3.8, 4) is 5.75 Å². The Kier molecular flexibility index (Phi) is 5.13. The zero-order chi connectivity index (χ0) is 16.1. The van der Waals surface area contributed by atoms with Crippen LogP contribution in [0, 0.1) is 0 Å². The van der Waals surface area contributed by atoms with Crippen LogP contribution in [0.15, 0.2) is 48.8 Å². The molecule has 1 aromatic carbocycles. The molecule has 0 radical (unpaired) electrons. The fourth-order valence-electron chi connectivity index (χ4n) is 2.75. The highest BCUT2D eigenvalue weighted by Gasteiger charge is 2.24. The molecule has 0 aliphatic carbocycles. The number of hydrogen-bond acceptors (Lipinski definition) is 3. The molecule has 1 aliphatic rings. The van der Waals surface area contributed by atoms with Crippen LogP contribution in [0.2, 0.25) is 5.02 Å².